The van der Waals surface area contributed by atoms with Crippen molar-refractivity contribution in [1.29, 1.82) is 0 Å². The fourth-order valence-electron chi connectivity index (χ4n) is 3.12. The second-order valence-electron chi connectivity index (χ2n) is 8.09. The van der Waals surface area contributed by atoms with Crippen LogP contribution in [0.5, 0.6) is 5.75 Å². The summed E-state index contributed by atoms with van der Waals surface area (Å²) >= 11 is 0. The minimum atomic E-state index is -0.535. The second-order valence-corrected chi connectivity index (χ2v) is 8.09. The zero-order valence-corrected chi connectivity index (χ0v) is 18.6. The molecule has 1 N–H and O–H groups in total. The SMILES string of the molecule is Cc1cccc(CN(C(=O)CCCOc2ccccc2)[C@H](C)C(=O)NCC(C)C)c1. The van der Waals surface area contributed by atoms with E-state index in [1.165, 1.54) is 0 Å². The van der Waals surface area contributed by atoms with Crippen LogP contribution in [0.15, 0.2) is 54.6 Å². The Morgan fingerprint density at radius 3 is 2.43 bits per heavy atom. The van der Waals surface area contributed by atoms with Gasteiger partial charge in [0.25, 0.3) is 0 Å². The Morgan fingerprint density at radius 2 is 1.77 bits per heavy atom. The average Bonchev–Trinajstić information content (AvgIpc) is 2.73. The number of hydrogen-bond donors (Lipinski definition) is 1. The molecule has 162 valence electrons. The quantitative estimate of drug-likeness (QED) is 0.561. The Kier molecular flexibility index (Phi) is 9.39. The molecule has 0 aliphatic rings. The van der Waals surface area contributed by atoms with E-state index in [2.05, 4.69) is 11.4 Å². The molecule has 0 bridgehead atoms. The van der Waals surface area contributed by atoms with Crippen LogP contribution in [0.2, 0.25) is 0 Å². The van der Waals surface area contributed by atoms with E-state index in [1.54, 1.807) is 11.8 Å². The minimum Gasteiger partial charge on any atom is -0.494 e. The Morgan fingerprint density at radius 1 is 1.03 bits per heavy atom. The summed E-state index contributed by atoms with van der Waals surface area (Å²) in [5, 5.41) is 2.95. The summed E-state index contributed by atoms with van der Waals surface area (Å²) in [4.78, 5) is 27.3. The molecule has 0 aliphatic carbocycles. The van der Waals surface area contributed by atoms with Gasteiger partial charge in [-0.15, -0.1) is 0 Å². The van der Waals surface area contributed by atoms with E-state index in [4.69, 9.17) is 4.74 Å². The molecule has 2 rings (SSSR count). The molecule has 2 amide bonds. The van der Waals surface area contributed by atoms with Crippen LogP contribution >= 0.6 is 0 Å². The third kappa shape index (κ3) is 7.90. The van der Waals surface area contributed by atoms with Crippen molar-refractivity contribution in [3.63, 3.8) is 0 Å². The third-order valence-electron chi connectivity index (χ3n) is 4.83. The molecule has 0 saturated heterocycles. The first kappa shape index (κ1) is 23.5. The molecule has 0 spiro atoms. The van der Waals surface area contributed by atoms with Gasteiger partial charge in [-0.25, -0.2) is 0 Å². The van der Waals surface area contributed by atoms with Crippen molar-refractivity contribution in [2.45, 2.75) is 53.1 Å². The molecular weight excluding hydrogens is 376 g/mol. The van der Waals surface area contributed by atoms with E-state index < -0.39 is 6.04 Å². The summed E-state index contributed by atoms with van der Waals surface area (Å²) in [5.41, 5.74) is 2.15. The summed E-state index contributed by atoms with van der Waals surface area (Å²) in [6, 6.07) is 17.1. The molecule has 0 fully saturated rings. The number of benzene rings is 2. The van der Waals surface area contributed by atoms with Gasteiger partial charge in [-0.2, -0.15) is 0 Å². The van der Waals surface area contributed by atoms with Gasteiger partial charge in [0.1, 0.15) is 11.8 Å². The summed E-state index contributed by atoms with van der Waals surface area (Å²) in [6.07, 6.45) is 0.929. The Balaban J connectivity index is 1.99. The predicted molar refractivity (Wildman–Crippen MR) is 120 cm³/mol. The lowest BCUT2D eigenvalue weighted by molar-refractivity contribution is -0.140. The van der Waals surface area contributed by atoms with Crippen molar-refractivity contribution in [1.82, 2.24) is 10.2 Å². The standard InChI is InChI=1S/C25H34N2O3/c1-19(2)17-26-25(29)21(4)27(18-22-11-8-10-20(3)16-22)24(28)14-9-15-30-23-12-6-5-7-13-23/h5-8,10-13,16,19,21H,9,14-15,17-18H2,1-4H3,(H,26,29)/t21-/m1/s1. The van der Waals surface area contributed by atoms with E-state index in [0.717, 1.165) is 16.9 Å². The molecule has 2 aromatic rings. The van der Waals surface area contributed by atoms with Crippen LogP contribution in [0.4, 0.5) is 0 Å². The van der Waals surface area contributed by atoms with Gasteiger partial charge in [-0.3, -0.25) is 9.59 Å². The van der Waals surface area contributed by atoms with Gasteiger partial charge < -0.3 is 15.0 Å². The van der Waals surface area contributed by atoms with Crippen LogP contribution in [-0.2, 0) is 16.1 Å². The van der Waals surface area contributed by atoms with Crippen molar-refractivity contribution in [2.24, 2.45) is 5.92 Å². The van der Waals surface area contributed by atoms with Crippen molar-refractivity contribution in [2.75, 3.05) is 13.2 Å². The fourth-order valence-corrected chi connectivity index (χ4v) is 3.12. The second kappa shape index (κ2) is 12.0. The molecule has 0 saturated carbocycles. The van der Waals surface area contributed by atoms with Crippen LogP contribution in [-0.4, -0.2) is 35.9 Å². The van der Waals surface area contributed by atoms with Crippen LogP contribution in [0.3, 0.4) is 0 Å². The van der Waals surface area contributed by atoms with E-state index in [1.807, 2.05) is 69.3 Å². The topological polar surface area (TPSA) is 58.6 Å². The maximum atomic E-state index is 13.0. The first-order valence-corrected chi connectivity index (χ1v) is 10.7. The van der Waals surface area contributed by atoms with Crippen molar-refractivity contribution in [3.05, 3.63) is 65.7 Å². The number of carbonyl (C=O) groups is 2. The zero-order valence-electron chi connectivity index (χ0n) is 18.6. The fraction of sp³-hybridized carbons (Fsp3) is 0.440. The largest absolute Gasteiger partial charge is 0.494 e. The van der Waals surface area contributed by atoms with E-state index in [0.29, 0.717) is 38.5 Å². The molecular formula is C25H34N2O3. The van der Waals surface area contributed by atoms with Gasteiger partial charge in [0.05, 0.1) is 6.61 Å². The summed E-state index contributed by atoms with van der Waals surface area (Å²) < 4.78 is 5.69. The number of nitrogens with zero attached hydrogens (tertiary/aromatic N) is 1. The molecule has 2 aromatic carbocycles. The highest BCUT2D eigenvalue weighted by Crippen LogP contribution is 2.14. The smallest absolute Gasteiger partial charge is 0.242 e. The Hall–Kier alpha value is -2.82. The van der Waals surface area contributed by atoms with Gasteiger partial charge in [-0.05, 0) is 43.9 Å². The average molecular weight is 411 g/mol. The molecule has 0 aliphatic heterocycles. The first-order chi connectivity index (χ1) is 14.4. The summed E-state index contributed by atoms with van der Waals surface area (Å²) in [6.45, 7) is 9.39. The highest BCUT2D eigenvalue weighted by atomic mass is 16.5. The summed E-state index contributed by atoms with van der Waals surface area (Å²) in [5.74, 6) is 0.991. The Bertz CT molecular complexity index is 805. The monoisotopic (exact) mass is 410 g/mol. The summed E-state index contributed by atoms with van der Waals surface area (Å²) in [7, 11) is 0. The molecule has 1 atom stereocenters. The van der Waals surface area contributed by atoms with Gasteiger partial charge >= 0.3 is 0 Å². The molecule has 0 radical (unpaired) electrons. The molecule has 0 heterocycles. The number of para-hydroxylation sites is 1. The number of nitrogens with one attached hydrogen (secondary N) is 1. The number of hydrogen-bond acceptors (Lipinski definition) is 3. The van der Waals surface area contributed by atoms with Crippen molar-refractivity contribution >= 4 is 11.8 Å². The lowest BCUT2D eigenvalue weighted by atomic mass is 10.1. The lowest BCUT2D eigenvalue weighted by Gasteiger charge is -2.29. The number of aryl methyl sites for hydroxylation is 1. The van der Waals surface area contributed by atoms with Crippen LogP contribution in [0.1, 0.15) is 44.7 Å². The van der Waals surface area contributed by atoms with Gasteiger partial charge in [0, 0.05) is 19.5 Å². The van der Waals surface area contributed by atoms with Crippen molar-refractivity contribution < 1.29 is 14.3 Å². The molecule has 30 heavy (non-hydrogen) atoms. The Labute approximate surface area is 180 Å². The minimum absolute atomic E-state index is 0.0413. The maximum absolute atomic E-state index is 13.0. The van der Waals surface area contributed by atoms with Gasteiger partial charge in [-0.1, -0.05) is 61.9 Å². The lowest BCUT2D eigenvalue weighted by Crippen LogP contribution is -2.48. The molecule has 5 heteroatoms. The first-order valence-electron chi connectivity index (χ1n) is 10.7. The number of ether oxygens (including phenoxy) is 1. The predicted octanol–water partition coefficient (Wildman–Crippen LogP) is 4.34. The number of amides is 2. The number of rotatable bonds is 11. The normalized spacial score (nSPS) is 11.8. The van der Waals surface area contributed by atoms with Crippen molar-refractivity contribution in [3.8, 4) is 5.75 Å². The molecule has 0 aromatic heterocycles. The highest BCUT2D eigenvalue weighted by molar-refractivity contribution is 5.87. The van der Waals surface area contributed by atoms with Crippen LogP contribution < -0.4 is 10.1 Å². The van der Waals surface area contributed by atoms with E-state index in [9.17, 15) is 9.59 Å². The van der Waals surface area contributed by atoms with Crippen LogP contribution in [0, 0.1) is 12.8 Å². The zero-order chi connectivity index (χ0) is 21.9. The van der Waals surface area contributed by atoms with E-state index >= 15 is 0 Å². The number of carbonyl (C=O) groups excluding carboxylic acids is 2. The van der Waals surface area contributed by atoms with E-state index in [-0.39, 0.29) is 11.8 Å². The maximum Gasteiger partial charge on any atom is 0.242 e. The van der Waals surface area contributed by atoms with Gasteiger partial charge in [0.2, 0.25) is 11.8 Å². The van der Waals surface area contributed by atoms with Crippen LogP contribution in [0.25, 0.3) is 0 Å². The highest BCUT2D eigenvalue weighted by Gasteiger charge is 2.25. The third-order valence-corrected chi connectivity index (χ3v) is 4.83. The molecule has 0 unspecified atom stereocenters. The van der Waals surface area contributed by atoms with Gasteiger partial charge in [0.15, 0.2) is 0 Å². The molecule has 5 nitrogen and oxygen atoms in total.